The van der Waals surface area contributed by atoms with Crippen LogP contribution in [0.4, 0.5) is 10.1 Å². The Bertz CT molecular complexity index is 812. The van der Waals surface area contributed by atoms with Crippen LogP contribution < -0.4 is 5.32 Å². The number of nitrogens with one attached hydrogen (secondary N) is 1. The largest absolute Gasteiger partial charge is 0.324 e. The second kappa shape index (κ2) is 6.35. The van der Waals surface area contributed by atoms with Crippen LogP contribution in [0.1, 0.15) is 12.0 Å². The fourth-order valence-corrected chi connectivity index (χ4v) is 2.37. The first-order valence-corrected chi connectivity index (χ1v) is 7.10. The molecule has 1 heterocycles. The molecule has 1 amide bonds. The highest BCUT2D eigenvalue weighted by molar-refractivity contribution is 6.00. The average Bonchev–Trinajstić information content (AvgIpc) is 2.53. The first kappa shape index (κ1) is 14.2. The van der Waals surface area contributed by atoms with Crippen molar-refractivity contribution < 1.29 is 9.18 Å². The molecule has 0 radical (unpaired) electrons. The van der Waals surface area contributed by atoms with E-state index in [2.05, 4.69) is 10.3 Å². The fraction of sp³-hybridized carbons (Fsp3) is 0.111. The van der Waals surface area contributed by atoms with Crippen LogP contribution in [0.5, 0.6) is 0 Å². The highest BCUT2D eigenvalue weighted by atomic mass is 19.1. The molecule has 1 aromatic heterocycles. The van der Waals surface area contributed by atoms with Crippen molar-refractivity contribution in [3.05, 3.63) is 72.2 Å². The van der Waals surface area contributed by atoms with Gasteiger partial charge in [0, 0.05) is 18.0 Å². The Labute approximate surface area is 127 Å². The number of anilines is 1. The summed E-state index contributed by atoms with van der Waals surface area (Å²) in [5.74, 6) is -0.390. The van der Waals surface area contributed by atoms with Gasteiger partial charge in [0.05, 0.1) is 11.2 Å². The van der Waals surface area contributed by atoms with E-state index in [0.29, 0.717) is 18.5 Å². The van der Waals surface area contributed by atoms with Gasteiger partial charge < -0.3 is 5.32 Å². The molecule has 4 heteroatoms. The maximum atomic E-state index is 13.1. The van der Waals surface area contributed by atoms with Crippen LogP contribution in [0.25, 0.3) is 10.9 Å². The highest BCUT2D eigenvalue weighted by Crippen LogP contribution is 2.20. The molecule has 0 fully saturated rings. The summed E-state index contributed by atoms with van der Waals surface area (Å²) in [6, 6.07) is 15.8. The Morgan fingerprint density at radius 3 is 2.77 bits per heavy atom. The molecule has 1 N–H and O–H groups in total. The molecule has 0 bridgehead atoms. The molecule has 0 aliphatic heterocycles. The van der Waals surface area contributed by atoms with Crippen molar-refractivity contribution in [1.29, 1.82) is 0 Å². The average molecular weight is 294 g/mol. The fourth-order valence-electron chi connectivity index (χ4n) is 2.37. The number of carbonyl (C=O) groups is 1. The summed E-state index contributed by atoms with van der Waals surface area (Å²) in [5.41, 5.74) is 2.28. The summed E-state index contributed by atoms with van der Waals surface area (Å²) in [6.07, 6.45) is 2.50. The van der Waals surface area contributed by atoms with Crippen LogP contribution in [0.3, 0.4) is 0 Å². The van der Waals surface area contributed by atoms with Crippen molar-refractivity contribution >= 4 is 22.5 Å². The smallest absolute Gasteiger partial charge is 0.224 e. The Morgan fingerprint density at radius 2 is 1.91 bits per heavy atom. The lowest BCUT2D eigenvalue weighted by Crippen LogP contribution is -2.12. The van der Waals surface area contributed by atoms with Crippen LogP contribution >= 0.6 is 0 Å². The minimum atomic E-state index is -0.281. The predicted octanol–water partition coefficient (Wildman–Crippen LogP) is 3.95. The van der Waals surface area contributed by atoms with E-state index in [9.17, 15) is 9.18 Å². The number of amides is 1. The summed E-state index contributed by atoms with van der Waals surface area (Å²) in [4.78, 5) is 16.4. The SMILES string of the molecule is O=C(CCc1cccc(F)c1)Nc1cccc2cccnc12. The van der Waals surface area contributed by atoms with Crippen LogP contribution in [0, 0.1) is 5.82 Å². The zero-order chi connectivity index (χ0) is 15.4. The second-order valence-corrected chi connectivity index (χ2v) is 5.06. The topological polar surface area (TPSA) is 42.0 Å². The maximum Gasteiger partial charge on any atom is 0.224 e. The molecule has 0 aliphatic carbocycles. The minimum Gasteiger partial charge on any atom is -0.324 e. The monoisotopic (exact) mass is 294 g/mol. The van der Waals surface area contributed by atoms with Gasteiger partial charge in [0.15, 0.2) is 0 Å². The van der Waals surface area contributed by atoms with Crippen molar-refractivity contribution in [1.82, 2.24) is 4.98 Å². The molecule has 3 aromatic rings. The Kier molecular flexibility index (Phi) is 4.10. The van der Waals surface area contributed by atoms with Gasteiger partial charge in [-0.05, 0) is 36.2 Å². The summed E-state index contributed by atoms with van der Waals surface area (Å²) < 4.78 is 13.1. The van der Waals surface area contributed by atoms with E-state index in [1.807, 2.05) is 36.4 Å². The number of rotatable bonds is 4. The van der Waals surface area contributed by atoms with E-state index in [1.165, 1.54) is 12.1 Å². The van der Waals surface area contributed by atoms with Crippen molar-refractivity contribution in [2.75, 3.05) is 5.32 Å². The first-order chi connectivity index (χ1) is 10.7. The zero-order valence-corrected chi connectivity index (χ0v) is 11.9. The Morgan fingerprint density at radius 1 is 1.09 bits per heavy atom. The van der Waals surface area contributed by atoms with Gasteiger partial charge in [-0.25, -0.2) is 4.39 Å². The third kappa shape index (κ3) is 3.28. The van der Waals surface area contributed by atoms with E-state index >= 15 is 0 Å². The second-order valence-electron chi connectivity index (χ2n) is 5.06. The van der Waals surface area contributed by atoms with E-state index < -0.39 is 0 Å². The third-order valence-electron chi connectivity index (χ3n) is 3.44. The molecule has 3 nitrogen and oxygen atoms in total. The van der Waals surface area contributed by atoms with Gasteiger partial charge in [-0.2, -0.15) is 0 Å². The van der Waals surface area contributed by atoms with Crippen LogP contribution in [0.15, 0.2) is 60.8 Å². The van der Waals surface area contributed by atoms with Gasteiger partial charge in [-0.15, -0.1) is 0 Å². The van der Waals surface area contributed by atoms with Gasteiger partial charge in [-0.1, -0.05) is 30.3 Å². The Hall–Kier alpha value is -2.75. The minimum absolute atomic E-state index is 0.109. The quantitative estimate of drug-likeness (QED) is 0.791. The summed E-state index contributed by atoms with van der Waals surface area (Å²) in [7, 11) is 0. The van der Waals surface area contributed by atoms with Crippen molar-refractivity contribution in [2.45, 2.75) is 12.8 Å². The van der Waals surface area contributed by atoms with Crippen molar-refractivity contribution in [3.8, 4) is 0 Å². The number of para-hydroxylation sites is 1. The van der Waals surface area contributed by atoms with Gasteiger partial charge >= 0.3 is 0 Å². The molecular formula is C18H15FN2O. The lowest BCUT2D eigenvalue weighted by atomic mass is 10.1. The number of pyridine rings is 1. The standard InChI is InChI=1S/C18H15FN2O/c19-15-7-1-4-13(12-15)9-10-17(22)21-16-8-2-5-14-6-3-11-20-18(14)16/h1-8,11-12H,9-10H2,(H,21,22). The highest BCUT2D eigenvalue weighted by Gasteiger charge is 2.07. The number of benzene rings is 2. The lowest BCUT2D eigenvalue weighted by Gasteiger charge is -2.08. The van der Waals surface area contributed by atoms with E-state index in [-0.39, 0.29) is 11.7 Å². The maximum absolute atomic E-state index is 13.1. The third-order valence-corrected chi connectivity index (χ3v) is 3.44. The van der Waals surface area contributed by atoms with Gasteiger partial charge in [0.2, 0.25) is 5.91 Å². The molecule has 3 rings (SSSR count). The first-order valence-electron chi connectivity index (χ1n) is 7.10. The van der Waals surface area contributed by atoms with E-state index in [4.69, 9.17) is 0 Å². The molecule has 0 atom stereocenters. The number of carbonyl (C=O) groups excluding carboxylic acids is 1. The molecule has 22 heavy (non-hydrogen) atoms. The summed E-state index contributed by atoms with van der Waals surface area (Å²) in [5, 5.41) is 3.85. The molecule has 0 saturated carbocycles. The van der Waals surface area contributed by atoms with Crippen molar-refractivity contribution in [2.24, 2.45) is 0 Å². The van der Waals surface area contributed by atoms with Crippen molar-refractivity contribution in [3.63, 3.8) is 0 Å². The normalized spacial score (nSPS) is 10.6. The summed E-state index contributed by atoms with van der Waals surface area (Å²) >= 11 is 0. The van der Waals surface area contributed by atoms with Crippen LogP contribution in [-0.2, 0) is 11.2 Å². The van der Waals surface area contributed by atoms with Crippen LogP contribution in [-0.4, -0.2) is 10.9 Å². The molecule has 2 aromatic carbocycles. The van der Waals surface area contributed by atoms with Crippen LogP contribution in [0.2, 0.25) is 0 Å². The molecule has 110 valence electrons. The molecular weight excluding hydrogens is 279 g/mol. The zero-order valence-electron chi connectivity index (χ0n) is 11.9. The molecule has 0 saturated heterocycles. The predicted molar refractivity (Wildman–Crippen MR) is 85.1 cm³/mol. The van der Waals surface area contributed by atoms with E-state index in [0.717, 1.165) is 16.5 Å². The number of hydrogen-bond donors (Lipinski definition) is 1. The summed E-state index contributed by atoms with van der Waals surface area (Å²) in [6.45, 7) is 0. The van der Waals surface area contributed by atoms with E-state index in [1.54, 1.807) is 12.3 Å². The van der Waals surface area contributed by atoms with Gasteiger partial charge in [0.1, 0.15) is 5.82 Å². The molecule has 0 aliphatic rings. The van der Waals surface area contributed by atoms with Gasteiger partial charge in [-0.3, -0.25) is 9.78 Å². The molecule has 0 unspecified atom stereocenters. The lowest BCUT2D eigenvalue weighted by molar-refractivity contribution is -0.116. The Balaban J connectivity index is 1.68. The number of aryl methyl sites for hydroxylation is 1. The number of aromatic nitrogens is 1. The number of nitrogens with zero attached hydrogens (tertiary/aromatic N) is 1. The number of fused-ring (bicyclic) bond motifs is 1. The number of halogens is 1. The molecule has 0 spiro atoms. The van der Waals surface area contributed by atoms with Gasteiger partial charge in [0.25, 0.3) is 0 Å². The number of hydrogen-bond acceptors (Lipinski definition) is 2.